The lowest BCUT2D eigenvalue weighted by Crippen LogP contribution is -2.46. The second-order valence-corrected chi connectivity index (χ2v) is 5.51. The van der Waals surface area contributed by atoms with Crippen molar-refractivity contribution in [1.82, 2.24) is 9.80 Å². The predicted octanol–water partition coefficient (Wildman–Crippen LogP) is 2.69. The van der Waals surface area contributed by atoms with E-state index >= 15 is 0 Å². The number of urea groups is 1. The summed E-state index contributed by atoms with van der Waals surface area (Å²) in [6.45, 7) is 3.32. The van der Waals surface area contributed by atoms with E-state index in [2.05, 4.69) is 5.32 Å². The zero-order valence-electron chi connectivity index (χ0n) is 12.3. The third-order valence-corrected chi connectivity index (χ3v) is 3.72. The summed E-state index contributed by atoms with van der Waals surface area (Å²) in [6, 6.07) is 5.35. The van der Waals surface area contributed by atoms with Crippen molar-refractivity contribution in [3.8, 4) is 0 Å². The molecule has 1 aromatic carbocycles. The first-order valence-corrected chi connectivity index (χ1v) is 6.97. The Morgan fingerprint density at radius 1 is 1.35 bits per heavy atom. The van der Waals surface area contributed by atoms with Gasteiger partial charge in [0.15, 0.2) is 0 Å². The number of likely N-dealkylation sites (tertiary alicyclic amines) is 1. The van der Waals surface area contributed by atoms with Gasteiger partial charge in [0.05, 0.1) is 5.69 Å². The van der Waals surface area contributed by atoms with Gasteiger partial charge in [-0.25, -0.2) is 9.18 Å². The van der Waals surface area contributed by atoms with Crippen LogP contribution < -0.4 is 5.32 Å². The van der Waals surface area contributed by atoms with Gasteiger partial charge in [0.25, 0.3) is 0 Å². The summed E-state index contributed by atoms with van der Waals surface area (Å²) in [5.74, 6) is -0.211. The quantitative estimate of drug-likeness (QED) is 0.903. The first kappa shape index (κ1) is 14.6. The minimum Gasteiger partial charge on any atom is -0.380 e. The number of para-hydroxylation sites is 1. The molecule has 0 aliphatic carbocycles. The molecule has 0 bridgehead atoms. The fraction of sp³-hybridized carbons (Fsp3) is 0.533. The van der Waals surface area contributed by atoms with Gasteiger partial charge in [0.1, 0.15) is 5.82 Å². The minimum absolute atomic E-state index is 0.0468. The van der Waals surface area contributed by atoms with Crippen LogP contribution in [0.4, 0.5) is 14.9 Å². The molecule has 20 heavy (non-hydrogen) atoms. The van der Waals surface area contributed by atoms with Crippen molar-refractivity contribution < 1.29 is 9.18 Å². The summed E-state index contributed by atoms with van der Waals surface area (Å²) < 4.78 is 13.8. The number of aryl methyl sites for hydroxylation is 1. The van der Waals surface area contributed by atoms with Crippen molar-refractivity contribution in [3.05, 3.63) is 29.6 Å². The van der Waals surface area contributed by atoms with Crippen LogP contribution in [0.1, 0.15) is 18.4 Å². The summed E-state index contributed by atoms with van der Waals surface area (Å²) in [6.07, 6.45) is 1.68. The first-order valence-electron chi connectivity index (χ1n) is 6.97. The second kappa shape index (κ2) is 6.11. The van der Waals surface area contributed by atoms with Crippen LogP contribution in [-0.2, 0) is 0 Å². The smallest absolute Gasteiger partial charge is 0.319 e. The highest BCUT2D eigenvalue weighted by Crippen LogP contribution is 2.23. The highest BCUT2D eigenvalue weighted by molar-refractivity contribution is 5.73. The van der Waals surface area contributed by atoms with Crippen molar-refractivity contribution in [2.75, 3.05) is 32.5 Å². The van der Waals surface area contributed by atoms with Crippen LogP contribution >= 0.6 is 0 Å². The minimum atomic E-state index is -0.211. The number of nitrogens with one attached hydrogen (secondary N) is 1. The highest BCUT2D eigenvalue weighted by atomic mass is 19.1. The van der Waals surface area contributed by atoms with Gasteiger partial charge in [0.2, 0.25) is 0 Å². The average Bonchev–Trinajstić information content (AvgIpc) is 2.43. The first-order chi connectivity index (χ1) is 9.49. The number of hydrogen-bond donors (Lipinski definition) is 1. The van der Waals surface area contributed by atoms with Crippen LogP contribution in [0.2, 0.25) is 0 Å². The Labute approximate surface area is 119 Å². The Bertz CT molecular complexity index is 462. The molecule has 4 nitrogen and oxygen atoms in total. The number of piperidine rings is 1. The van der Waals surface area contributed by atoms with Gasteiger partial charge in [-0.2, -0.15) is 0 Å². The monoisotopic (exact) mass is 279 g/mol. The fourth-order valence-electron chi connectivity index (χ4n) is 2.52. The van der Waals surface area contributed by atoms with Gasteiger partial charge in [-0.3, -0.25) is 0 Å². The van der Waals surface area contributed by atoms with Crippen LogP contribution in [-0.4, -0.2) is 49.1 Å². The summed E-state index contributed by atoms with van der Waals surface area (Å²) in [4.78, 5) is 15.3. The molecule has 1 fully saturated rings. The van der Waals surface area contributed by atoms with Crippen molar-refractivity contribution in [3.63, 3.8) is 0 Å². The van der Waals surface area contributed by atoms with E-state index in [4.69, 9.17) is 0 Å². The van der Waals surface area contributed by atoms with Crippen molar-refractivity contribution in [2.45, 2.75) is 25.8 Å². The van der Waals surface area contributed by atoms with E-state index in [0.717, 1.165) is 18.4 Å². The number of carbonyl (C=O) groups excluding carboxylic acids is 1. The number of hydrogen-bond acceptors (Lipinski definition) is 2. The molecule has 1 aliphatic heterocycles. The van der Waals surface area contributed by atoms with Gasteiger partial charge in [-0.05, 0) is 31.4 Å². The van der Waals surface area contributed by atoms with Gasteiger partial charge in [-0.15, -0.1) is 0 Å². The maximum atomic E-state index is 13.8. The Balaban J connectivity index is 1.93. The van der Waals surface area contributed by atoms with Crippen molar-refractivity contribution >= 4 is 11.7 Å². The Morgan fingerprint density at radius 3 is 2.55 bits per heavy atom. The molecule has 0 saturated carbocycles. The van der Waals surface area contributed by atoms with E-state index < -0.39 is 0 Å². The standard InChI is InChI=1S/C15H22FN3O/c1-11-5-4-6-13(16)14(11)17-12-7-9-19(10-8-12)15(20)18(2)3/h4-6,12,17H,7-10H2,1-3H3. The number of benzene rings is 1. The van der Waals surface area contributed by atoms with E-state index in [1.54, 1.807) is 25.1 Å². The molecule has 0 unspecified atom stereocenters. The van der Waals surface area contributed by atoms with Crippen molar-refractivity contribution in [2.24, 2.45) is 0 Å². The van der Waals surface area contributed by atoms with Crippen LogP contribution in [0.3, 0.4) is 0 Å². The van der Waals surface area contributed by atoms with Crippen molar-refractivity contribution in [1.29, 1.82) is 0 Å². The summed E-state index contributed by atoms with van der Waals surface area (Å²) in [5, 5.41) is 3.28. The molecule has 1 aromatic rings. The van der Waals surface area contributed by atoms with E-state index in [0.29, 0.717) is 18.8 Å². The molecule has 0 atom stereocenters. The molecular weight excluding hydrogens is 257 g/mol. The molecule has 110 valence electrons. The lowest BCUT2D eigenvalue weighted by Gasteiger charge is -2.34. The maximum absolute atomic E-state index is 13.8. The topological polar surface area (TPSA) is 35.6 Å². The molecule has 1 saturated heterocycles. The molecule has 0 aromatic heterocycles. The van der Waals surface area contributed by atoms with Gasteiger partial charge < -0.3 is 15.1 Å². The van der Waals surface area contributed by atoms with E-state index in [1.165, 1.54) is 6.07 Å². The number of rotatable bonds is 2. The van der Waals surface area contributed by atoms with Gasteiger partial charge >= 0.3 is 6.03 Å². The van der Waals surface area contributed by atoms with Gasteiger partial charge in [0, 0.05) is 33.2 Å². The largest absolute Gasteiger partial charge is 0.380 e. The average molecular weight is 279 g/mol. The normalized spacial score (nSPS) is 16.1. The lowest BCUT2D eigenvalue weighted by atomic mass is 10.0. The Hall–Kier alpha value is -1.78. The molecule has 5 heteroatoms. The maximum Gasteiger partial charge on any atom is 0.319 e. The van der Waals surface area contributed by atoms with Crippen LogP contribution in [0, 0.1) is 12.7 Å². The number of anilines is 1. The summed E-state index contributed by atoms with van der Waals surface area (Å²) in [5.41, 5.74) is 1.50. The van der Waals surface area contributed by atoms with E-state index in [9.17, 15) is 9.18 Å². The third-order valence-electron chi connectivity index (χ3n) is 3.72. The summed E-state index contributed by atoms with van der Waals surface area (Å²) in [7, 11) is 3.52. The molecule has 1 N–H and O–H groups in total. The number of carbonyl (C=O) groups is 1. The molecule has 0 spiro atoms. The fourth-order valence-corrected chi connectivity index (χ4v) is 2.52. The Morgan fingerprint density at radius 2 is 2.00 bits per heavy atom. The van der Waals surface area contributed by atoms with E-state index in [-0.39, 0.29) is 17.9 Å². The third kappa shape index (κ3) is 3.21. The molecule has 0 radical (unpaired) electrons. The molecule has 2 rings (SSSR count). The molecule has 2 amide bonds. The van der Waals surface area contributed by atoms with Crippen LogP contribution in [0.15, 0.2) is 18.2 Å². The number of amides is 2. The van der Waals surface area contributed by atoms with E-state index in [1.807, 2.05) is 17.9 Å². The van der Waals surface area contributed by atoms with Crippen LogP contribution in [0.25, 0.3) is 0 Å². The van der Waals surface area contributed by atoms with Crippen LogP contribution in [0.5, 0.6) is 0 Å². The van der Waals surface area contributed by atoms with Gasteiger partial charge in [-0.1, -0.05) is 12.1 Å². The summed E-state index contributed by atoms with van der Waals surface area (Å²) >= 11 is 0. The lowest BCUT2D eigenvalue weighted by molar-refractivity contribution is 0.158. The molecule has 1 aliphatic rings. The predicted molar refractivity (Wildman–Crippen MR) is 78.4 cm³/mol. The number of nitrogens with zero attached hydrogens (tertiary/aromatic N) is 2. The zero-order chi connectivity index (χ0) is 14.7. The molecular formula is C15H22FN3O. The highest BCUT2D eigenvalue weighted by Gasteiger charge is 2.24. The zero-order valence-corrected chi connectivity index (χ0v) is 12.3. The number of halogens is 1. The second-order valence-electron chi connectivity index (χ2n) is 5.51. The SMILES string of the molecule is Cc1cccc(F)c1NC1CCN(C(=O)N(C)C)CC1. The Kier molecular flexibility index (Phi) is 4.47. The molecule has 1 heterocycles.